The molecule has 3 aliphatic rings. The smallest absolute Gasteiger partial charge is 0.0354 e. The average molecular weight is 349 g/mol. The van der Waals surface area contributed by atoms with Gasteiger partial charge >= 0.3 is 0 Å². The third-order valence-corrected chi connectivity index (χ3v) is 7.80. The number of rotatable bonds is 2. The van der Waals surface area contributed by atoms with Crippen LogP contribution in [-0.2, 0) is 0 Å². The van der Waals surface area contributed by atoms with Gasteiger partial charge in [-0.05, 0) is 54.3 Å². The lowest BCUT2D eigenvalue weighted by Crippen LogP contribution is -2.19. The van der Waals surface area contributed by atoms with Crippen molar-refractivity contribution in [3.8, 4) is 0 Å². The molecule has 0 amide bonds. The highest BCUT2D eigenvalue weighted by atomic mass is 14.3. The highest BCUT2D eigenvalue weighted by Gasteiger charge is 2.24. The highest BCUT2D eigenvalue weighted by Crippen LogP contribution is 2.38. The molecule has 3 fully saturated rings. The topological polar surface area (TPSA) is 0 Å². The molecule has 25 heavy (non-hydrogen) atoms. The molecule has 0 heteroatoms. The highest BCUT2D eigenvalue weighted by molar-refractivity contribution is 4.77. The van der Waals surface area contributed by atoms with E-state index in [1.165, 1.54) is 83.5 Å². The minimum absolute atomic E-state index is 0.644. The van der Waals surface area contributed by atoms with Crippen molar-refractivity contribution in [2.24, 2.45) is 35.0 Å². The van der Waals surface area contributed by atoms with Gasteiger partial charge < -0.3 is 0 Å². The van der Waals surface area contributed by atoms with E-state index in [1.54, 1.807) is 6.42 Å². The second-order valence-electron chi connectivity index (χ2n) is 11.2. The molecule has 3 aliphatic carbocycles. The molecule has 0 heterocycles. The first-order valence-corrected chi connectivity index (χ1v) is 11.8. The van der Waals surface area contributed by atoms with E-state index in [0.29, 0.717) is 5.41 Å². The zero-order valence-corrected chi connectivity index (χ0v) is 18.3. The third kappa shape index (κ3) is 8.49. The van der Waals surface area contributed by atoms with Crippen LogP contribution in [0.2, 0.25) is 0 Å². The summed E-state index contributed by atoms with van der Waals surface area (Å²) in [7, 11) is 0. The molecule has 3 rings (SSSR count). The van der Waals surface area contributed by atoms with E-state index in [0.717, 1.165) is 29.6 Å². The van der Waals surface area contributed by atoms with Crippen molar-refractivity contribution in [3.63, 3.8) is 0 Å². The fourth-order valence-electron chi connectivity index (χ4n) is 5.44. The van der Waals surface area contributed by atoms with Gasteiger partial charge in [-0.1, -0.05) is 105 Å². The minimum Gasteiger partial charge on any atom is -0.0625 e. The van der Waals surface area contributed by atoms with Gasteiger partial charge in [0.1, 0.15) is 0 Å². The largest absolute Gasteiger partial charge is 0.0625 e. The van der Waals surface area contributed by atoms with Crippen LogP contribution in [0.25, 0.3) is 0 Å². The Kier molecular flexibility index (Phi) is 8.83. The second-order valence-corrected chi connectivity index (χ2v) is 11.2. The van der Waals surface area contributed by atoms with Gasteiger partial charge in [-0.2, -0.15) is 0 Å². The first kappa shape index (κ1) is 21.3. The molecular weight excluding hydrogens is 300 g/mol. The van der Waals surface area contributed by atoms with Crippen LogP contribution in [-0.4, -0.2) is 0 Å². The van der Waals surface area contributed by atoms with Gasteiger partial charge in [-0.3, -0.25) is 0 Å². The average Bonchev–Trinajstić information content (AvgIpc) is 2.73. The Bertz CT molecular complexity index is 319. The van der Waals surface area contributed by atoms with Crippen LogP contribution in [0.1, 0.15) is 125 Å². The molecule has 0 saturated heterocycles. The van der Waals surface area contributed by atoms with Crippen LogP contribution >= 0.6 is 0 Å². The molecule has 1 atom stereocenters. The van der Waals surface area contributed by atoms with Crippen molar-refractivity contribution >= 4 is 0 Å². The van der Waals surface area contributed by atoms with Crippen molar-refractivity contribution in [1.29, 1.82) is 0 Å². The van der Waals surface area contributed by atoms with Crippen LogP contribution in [0, 0.1) is 35.0 Å². The van der Waals surface area contributed by atoms with E-state index in [-0.39, 0.29) is 0 Å². The lowest BCUT2D eigenvalue weighted by molar-refractivity contribution is 0.201. The quantitative estimate of drug-likeness (QED) is 0.438. The van der Waals surface area contributed by atoms with Crippen LogP contribution < -0.4 is 0 Å². The fourth-order valence-corrected chi connectivity index (χ4v) is 5.44. The van der Waals surface area contributed by atoms with Gasteiger partial charge in [-0.15, -0.1) is 0 Å². The minimum atomic E-state index is 0.644. The van der Waals surface area contributed by atoms with Gasteiger partial charge in [0.05, 0.1) is 0 Å². The Morgan fingerprint density at radius 3 is 1.48 bits per heavy atom. The monoisotopic (exact) mass is 348 g/mol. The fraction of sp³-hybridized carbons (Fsp3) is 1.00. The molecular formula is C25H48. The molecule has 0 aromatic heterocycles. The van der Waals surface area contributed by atoms with Crippen LogP contribution in [0.5, 0.6) is 0 Å². The van der Waals surface area contributed by atoms with Crippen molar-refractivity contribution in [1.82, 2.24) is 0 Å². The van der Waals surface area contributed by atoms with Crippen molar-refractivity contribution in [2.75, 3.05) is 0 Å². The summed E-state index contributed by atoms with van der Waals surface area (Å²) in [5, 5.41) is 0. The Labute approximate surface area is 159 Å². The maximum Gasteiger partial charge on any atom is -0.0354 e. The van der Waals surface area contributed by atoms with E-state index in [4.69, 9.17) is 0 Å². The Balaban J connectivity index is 0.000000196. The standard InChI is InChI=1S/C15H28.C10H20/c1-12-3-7-14(8-4-12)11-15-9-5-13(2)6-10-15;1-9-5-4-7-10(2,3)8-6-9/h12-15H,3-11H2,1-2H3;9H,4-8H2,1-3H3. The van der Waals surface area contributed by atoms with Gasteiger partial charge in [0.15, 0.2) is 0 Å². The molecule has 0 N–H and O–H groups in total. The molecule has 0 aromatic rings. The van der Waals surface area contributed by atoms with E-state index < -0.39 is 0 Å². The lowest BCUT2D eigenvalue weighted by atomic mass is 9.74. The third-order valence-electron chi connectivity index (χ3n) is 7.80. The summed E-state index contributed by atoms with van der Waals surface area (Å²) in [4.78, 5) is 0. The summed E-state index contributed by atoms with van der Waals surface area (Å²) in [5.41, 5.74) is 0.644. The first-order chi connectivity index (χ1) is 11.8. The van der Waals surface area contributed by atoms with Crippen molar-refractivity contribution in [3.05, 3.63) is 0 Å². The van der Waals surface area contributed by atoms with Crippen LogP contribution in [0.4, 0.5) is 0 Å². The van der Waals surface area contributed by atoms with E-state index in [9.17, 15) is 0 Å². The lowest BCUT2D eigenvalue weighted by Gasteiger charge is -2.32. The SMILES string of the molecule is CC1CCC(CC2CCC(C)CC2)CC1.CC1CCCC(C)(C)CC1. The predicted molar refractivity (Wildman–Crippen MR) is 113 cm³/mol. The molecule has 0 aliphatic heterocycles. The zero-order valence-electron chi connectivity index (χ0n) is 18.3. The summed E-state index contributed by atoms with van der Waals surface area (Å²) in [6, 6.07) is 0. The summed E-state index contributed by atoms with van der Waals surface area (Å²) in [6.45, 7) is 12.1. The second kappa shape index (κ2) is 10.4. The van der Waals surface area contributed by atoms with Gasteiger partial charge in [-0.25, -0.2) is 0 Å². The van der Waals surface area contributed by atoms with Gasteiger partial charge in [0.25, 0.3) is 0 Å². The first-order valence-electron chi connectivity index (χ1n) is 11.8. The van der Waals surface area contributed by atoms with Gasteiger partial charge in [0.2, 0.25) is 0 Å². The normalized spacial score (nSPS) is 39.0. The maximum atomic E-state index is 2.43. The van der Waals surface area contributed by atoms with Gasteiger partial charge in [0, 0.05) is 0 Å². The molecule has 0 radical (unpaired) electrons. The molecule has 0 spiro atoms. The summed E-state index contributed by atoms with van der Waals surface area (Å²) in [5.74, 6) is 5.22. The van der Waals surface area contributed by atoms with E-state index in [1.807, 2.05) is 0 Å². The van der Waals surface area contributed by atoms with Crippen molar-refractivity contribution < 1.29 is 0 Å². The Morgan fingerprint density at radius 2 is 1.00 bits per heavy atom. The zero-order chi connectivity index (χ0) is 18.3. The summed E-state index contributed by atoms with van der Waals surface area (Å²) < 4.78 is 0. The molecule has 3 saturated carbocycles. The van der Waals surface area contributed by atoms with E-state index in [2.05, 4.69) is 34.6 Å². The van der Waals surface area contributed by atoms with E-state index >= 15 is 0 Å². The van der Waals surface area contributed by atoms with Crippen LogP contribution in [0.3, 0.4) is 0 Å². The Morgan fingerprint density at radius 1 is 0.560 bits per heavy atom. The summed E-state index contributed by atoms with van der Waals surface area (Å²) >= 11 is 0. The maximum absolute atomic E-state index is 2.43. The summed E-state index contributed by atoms with van der Waals surface area (Å²) in [6.07, 6.45) is 21.0. The molecule has 0 aromatic carbocycles. The molecule has 0 bridgehead atoms. The molecule has 148 valence electrons. The molecule has 0 nitrogen and oxygen atoms in total. The molecule has 1 unspecified atom stereocenters. The Hall–Kier alpha value is 0. The number of hydrogen-bond acceptors (Lipinski definition) is 0. The predicted octanol–water partition coefficient (Wildman–Crippen LogP) is 8.64. The van der Waals surface area contributed by atoms with Crippen molar-refractivity contribution in [2.45, 2.75) is 125 Å². The number of hydrogen-bond donors (Lipinski definition) is 0. The van der Waals surface area contributed by atoms with Crippen LogP contribution in [0.15, 0.2) is 0 Å².